The molecule has 0 spiro atoms. The number of nitrogens with two attached hydrogens (primary N) is 1. The maximum Gasteiger partial charge on any atom is 0.344 e. The maximum atomic E-state index is 11.3. The van der Waals surface area contributed by atoms with Gasteiger partial charge in [0.1, 0.15) is 25.1 Å². The van der Waals surface area contributed by atoms with E-state index in [2.05, 4.69) is 15.9 Å². The highest BCUT2D eigenvalue weighted by Crippen LogP contribution is 2.31. The van der Waals surface area contributed by atoms with Crippen LogP contribution in [0.15, 0.2) is 40.9 Å². The molecular weight excluding hydrogens is 361 g/mol. The number of hydrogen-bond donors (Lipinski definition) is 1. The highest BCUT2D eigenvalue weighted by molar-refractivity contribution is 9.10. The average molecular weight is 376 g/mol. The molecule has 0 amide bonds. The summed E-state index contributed by atoms with van der Waals surface area (Å²) in [6.45, 7) is 1.86. The number of ether oxygens (including phenoxy) is 3. The molecule has 7 heteroatoms. The lowest BCUT2D eigenvalue weighted by Gasteiger charge is -2.14. The zero-order valence-electron chi connectivity index (χ0n) is 12.5. The fraction of sp³-hybridized carbons (Fsp3) is 0.188. The van der Waals surface area contributed by atoms with Gasteiger partial charge in [0.15, 0.2) is 6.61 Å². The van der Waals surface area contributed by atoms with E-state index in [9.17, 15) is 4.79 Å². The highest BCUT2D eigenvalue weighted by atomic mass is 79.9. The first-order chi connectivity index (χ1) is 11.0. The normalized spacial score (nSPS) is 10.2. The molecule has 0 aliphatic carbocycles. The predicted molar refractivity (Wildman–Crippen MR) is 92.6 cm³/mol. The fourth-order valence-electron chi connectivity index (χ4n) is 1.78. The van der Waals surface area contributed by atoms with Crippen LogP contribution in [0.25, 0.3) is 0 Å². The second-order valence-corrected chi connectivity index (χ2v) is 5.44. The summed E-state index contributed by atoms with van der Waals surface area (Å²) in [6, 6.07) is 10.2. The van der Waals surface area contributed by atoms with E-state index in [0.717, 1.165) is 0 Å². The summed E-state index contributed by atoms with van der Waals surface area (Å²) in [4.78, 5) is 11.3. The molecule has 0 bridgehead atoms. The third kappa shape index (κ3) is 4.92. The smallest absolute Gasteiger partial charge is 0.344 e. The van der Waals surface area contributed by atoms with Crippen molar-refractivity contribution in [2.45, 2.75) is 6.92 Å². The maximum absolute atomic E-state index is 11.3. The quantitative estimate of drug-likeness (QED) is 0.477. The number of anilines is 1. The van der Waals surface area contributed by atoms with Crippen LogP contribution in [-0.4, -0.2) is 27.0 Å². The Labute approximate surface area is 144 Å². The van der Waals surface area contributed by atoms with Crippen LogP contribution in [0.5, 0.6) is 17.2 Å². The van der Waals surface area contributed by atoms with Crippen LogP contribution in [0, 0.1) is 0 Å². The summed E-state index contributed by atoms with van der Waals surface area (Å²) >= 11 is 3.38. The number of carbonyl (C=O) groups excluding carboxylic acids is 1. The third-order valence-electron chi connectivity index (χ3n) is 2.81. The van der Waals surface area contributed by atoms with Gasteiger partial charge in [-0.25, -0.2) is 4.79 Å². The van der Waals surface area contributed by atoms with Gasteiger partial charge in [-0.05, 0) is 59.3 Å². The van der Waals surface area contributed by atoms with Gasteiger partial charge in [0, 0.05) is 5.69 Å². The molecule has 0 aliphatic heterocycles. The Balaban J connectivity index is 2.10. The Kier molecular flexibility index (Phi) is 5.93. The van der Waals surface area contributed by atoms with Crippen LogP contribution in [0.3, 0.4) is 0 Å². The number of carbonyl (C=O) groups is 1. The molecule has 0 atom stereocenters. The topological polar surface area (TPSA) is 70.8 Å². The lowest BCUT2D eigenvalue weighted by molar-refractivity contribution is -0.145. The van der Waals surface area contributed by atoms with Gasteiger partial charge in [-0.3, -0.25) is 0 Å². The van der Waals surface area contributed by atoms with Gasteiger partial charge in [-0.1, -0.05) is 5.46 Å². The molecule has 0 aliphatic rings. The highest BCUT2D eigenvalue weighted by Gasteiger charge is 2.11. The lowest BCUT2D eigenvalue weighted by Crippen LogP contribution is -2.16. The first-order valence-corrected chi connectivity index (χ1v) is 7.69. The van der Waals surface area contributed by atoms with Gasteiger partial charge in [-0.2, -0.15) is 0 Å². The van der Waals surface area contributed by atoms with Crippen LogP contribution in [0.2, 0.25) is 0 Å². The van der Waals surface area contributed by atoms with E-state index >= 15 is 0 Å². The van der Waals surface area contributed by atoms with Crippen LogP contribution in [-0.2, 0) is 9.53 Å². The van der Waals surface area contributed by atoms with Gasteiger partial charge >= 0.3 is 5.97 Å². The molecule has 0 fully saturated rings. The molecule has 2 N–H and O–H groups in total. The Morgan fingerprint density at radius 3 is 2.52 bits per heavy atom. The summed E-state index contributed by atoms with van der Waals surface area (Å²) in [6.07, 6.45) is 0. The number of benzene rings is 2. The van der Waals surface area contributed by atoms with E-state index < -0.39 is 5.97 Å². The van der Waals surface area contributed by atoms with Crippen molar-refractivity contribution >= 4 is 40.9 Å². The van der Waals surface area contributed by atoms with E-state index in [-0.39, 0.29) is 6.61 Å². The molecule has 2 aromatic carbocycles. The van der Waals surface area contributed by atoms with E-state index in [1.807, 2.05) is 0 Å². The predicted octanol–water partition coefficient (Wildman–Crippen LogP) is 2.56. The van der Waals surface area contributed by atoms with E-state index in [1.165, 1.54) is 0 Å². The van der Waals surface area contributed by atoms with Crippen molar-refractivity contribution < 1.29 is 19.0 Å². The standard InChI is InChI=1S/C16H15BBrNO4/c1-2-21-15(20)9-22-12-7-13(17)16(14(18)8-12)23-11-5-3-10(19)4-6-11/h3-8H,2,9,19H2,1H3. The van der Waals surface area contributed by atoms with Gasteiger partial charge in [0.05, 0.1) is 11.1 Å². The van der Waals surface area contributed by atoms with Gasteiger partial charge in [-0.15, -0.1) is 0 Å². The number of esters is 1. The SMILES string of the molecule is [B]c1cc(OCC(=O)OCC)cc(Br)c1Oc1ccc(N)cc1. The fourth-order valence-corrected chi connectivity index (χ4v) is 2.31. The molecule has 2 radical (unpaired) electrons. The molecule has 0 heterocycles. The molecule has 0 unspecified atom stereocenters. The third-order valence-corrected chi connectivity index (χ3v) is 3.40. The van der Waals surface area contributed by atoms with Crippen molar-refractivity contribution in [3.8, 4) is 17.2 Å². The van der Waals surface area contributed by atoms with Gasteiger partial charge in [0.2, 0.25) is 0 Å². The number of rotatable bonds is 6. The Hall–Kier alpha value is -2.15. The van der Waals surface area contributed by atoms with Crippen molar-refractivity contribution in [2.24, 2.45) is 0 Å². The van der Waals surface area contributed by atoms with Crippen molar-refractivity contribution in [3.05, 3.63) is 40.9 Å². The summed E-state index contributed by atoms with van der Waals surface area (Å²) in [5.41, 5.74) is 6.65. The molecular formula is C16H15BBrNO4. The van der Waals surface area contributed by atoms with Gasteiger partial charge in [0.25, 0.3) is 0 Å². The first kappa shape index (κ1) is 17.2. The molecule has 5 nitrogen and oxygen atoms in total. The summed E-state index contributed by atoms with van der Waals surface area (Å²) < 4.78 is 16.5. The van der Waals surface area contributed by atoms with Crippen molar-refractivity contribution in [3.63, 3.8) is 0 Å². The molecule has 0 aromatic heterocycles. The average Bonchev–Trinajstić information content (AvgIpc) is 2.51. The minimum absolute atomic E-state index is 0.183. The lowest BCUT2D eigenvalue weighted by atomic mass is 9.95. The summed E-state index contributed by atoms with van der Waals surface area (Å²) in [7, 11) is 5.99. The second kappa shape index (κ2) is 7.92. The molecule has 23 heavy (non-hydrogen) atoms. The largest absolute Gasteiger partial charge is 0.482 e. The van der Waals surface area contributed by atoms with E-state index in [1.54, 1.807) is 43.3 Å². The second-order valence-electron chi connectivity index (χ2n) is 4.59. The van der Waals surface area contributed by atoms with Crippen molar-refractivity contribution in [1.29, 1.82) is 0 Å². The minimum atomic E-state index is -0.440. The number of hydrogen-bond acceptors (Lipinski definition) is 5. The monoisotopic (exact) mass is 375 g/mol. The van der Waals surface area contributed by atoms with Crippen molar-refractivity contribution in [1.82, 2.24) is 0 Å². The van der Waals surface area contributed by atoms with Crippen LogP contribution in [0.1, 0.15) is 6.92 Å². The Morgan fingerprint density at radius 1 is 1.22 bits per heavy atom. The van der Waals surface area contributed by atoms with E-state index in [0.29, 0.717) is 39.5 Å². The van der Waals surface area contributed by atoms with Crippen LogP contribution in [0.4, 0.5) is 5.69 Å². The van der Waals surface area contributed by atoms with Crippen molar-refractivity contribution in [2.75, 3.05) is 18.9 Å². The molecule has 2 aromatic rings. The molecule has 2 rings (SSSR count). The number of nitrogen functional groups attached to an aromatic ring is 1. The minimum Gasteiger partial charge on any atom is -0.482 e. The van der Waals surface area contributed by atoms with Crippen LogP contribution < -0.4 is 20.7 Å². The molecule has 0 saturated heterocycles. The molecule has 0 saturated carbocycles. The zero-order chi connectivity index (χ0) is 16.8. The van der Waals surface area contributed by atoms with E-state index in [4.69, 9.17) is 27.8 Å². The van der Waals surface area contributed by atoms with Gasteiger partial charge < -0.3 is 19.9 Å². The summed E-state index contributed by atoms with van der Waals surface area (Å²) in [5.74, 6) is 1.06. The zero-order valence-corrected chi connectivity index (χ0v) is 14.1. The number of halogens is 1. The summed E-state index contributed by atoms with van der Waals surface area (Å²) in [5, 5.41) is 0. The molecule has 118 valence electrons. The first-order valence-electron chi connectivity index (χ1n) is 6.90. The van der Waals surface area contributed by atoms with Crippen LogP contribution >= 0.6 is 15.9 Å². The Morgan fingerprint density at radius 2 is 1.91 bits per heavy atom. The Bertz CT molecular complexity index is 668.